The normalized spacial score (nSPS) is 11.2. The molecular weight excluding hydrogens is 649 g/mol. The van der Waals surface area contributed by atoms with E-state index in [1.54, 1.807) is 0 Å². The number of benzene rings is 7. The molecule has 7 aromatic carbocycles. The Kier molecular flexibility index (Phi) is 8.97. The number of hydrogen-bond donors (Lipinski definition) is 0. The van der Waals surface area contributed by atoms with Gasteiger partial charge >= 0.3 is 0 Å². The summed E-state index contributed by atoms with van der Waals surface area (Å²) in [6, 6.07) is 60.2. The van der Waals surface area contributed by atoms with Crippen molar-refractivity contribution in [3.8, 4) is 21.6 Å². The number of hydrogen-bond acceptors (Lipinski definition) is 3. The number of fused-ring (bicyclic) bond motifs is 1. The van der Waals surface area contributed by atoms with Crippen LogP contribution >= 0.6 is 11.3 Å². The zero-order chi connectivity index (χ0) is 35.8. The average Bonchev–Trinajstić information content (AvgIpc) is 3.54. The van der Waals surface area contributed by atoms with Crippen molar-refractivity contribution in [2.45, 2.75) is 34.6 Å². The maximum atomic E-state index is 2.34. The van der Waals surface area contributed by atoms with Crippen molar-refractivity contribution in [2.24, 2.45) is 0 Å². The molecule has 1 aromatic heterocycles. The summed E-state index contributed by atoms with van der Waals surface area (Å²) in [7, 11) is 0. The molecule has 0 spiro atoms. The van der Waals surface area contributed by atoms with Gasteiger partial charge < -0.3 is 9.80 Å². The summed E-state index contributed by atoms with van der Waals surface area (Å²) in [5.41, 5.74) is 16.8. The quantitative estimate of drug-likeness (QED) is 0.157. The highest BCUT2D eigenvalue weighted by Gasteiger charge is 2.19. The van der Waals surface area contributed by atoms with Crippen LogP contribution in [0.5, 0.6) is 0 Å². The fourth-order valence-electron chi connectivity index (χ4n) is 6.90. The molecule has 0 fully saturated rings. The largest absolute Gasteiger partial charge is 0.311 e. The summed E-state index contributed by atoms with van der Waals surface area (Å²) in [5, 5.41) is 1.29. The van der Waals surface area contributed by atoms with E-state index in [1.165, 1.54) is 59.5 Å². The van der Waals surface area contributed by atoms with Gasteiger partial charge in [-0.25, -0.2) is 0 Å². The van der Waals surface area contributed by atoms with E-state index >= 15 is 0 Å². The fraction of sp³-hybridized carbons (Fsp3) is 0.102. The summed E-state index contributed by atoms with van der Waals surface area (Å²) in [4.78, 5) is 5.96. The second kappa shape index (κ2) is 14.0. The molecule has 2 nitrogen and oxygen atoms in total. The molecule has 8 aromatic rings. The molecule has 0 N–H and O–H groups in total. The number of thiophene rings is 1. The van der Waals surface area contributed by atoms with E-state index in [9.17, 15) is 0 Å². The standard InChI is InChI=1S/C49H42N2S/c1-33-6-19-40(20-7-33)50(41-21-8-34(2)9-22-41)44-27-15-38(16-28-44)48-46-31-14-37(5)32-47(46)52-49(48)39-17-29-45(30-18-39)51(42-23-10-35(3)11-24-42)43-25-12-36(4)13-26-43/h6-32H,1-5H3. The fourth-order valence-corrected chi connectivity index (χ4v) is 8.23. The van der Waals surface area contributed by atoms with E-state index in [0.29, 0.717) is 0 Å². The van der Waals surface area contributed by atoms with Crippen LogP contribution in [0, 0.1) is 34.6 Å². The van der Waals surface area contributed by atoms with Crippen LogP contribution in [-0.2, 0) is 0 Å². The Morgan fingerprint density at radius 1 is 0.327 bits per heavy atom. The van der Waals surface area contributed by atoms with Crippen LogP contribution in [0.1, 0.15) is 27.8 Å². The van der Waals surface area contributed by atoms with E-state index in [2.05, 4.69) is 208 Å². The van der Waals surface area contributed by atoms with Gasteiger partial charge in [0, 0.05) is 54.7 Å². The number of rotatable bonds is 8. The van der Waals surface area contributed by atoms with Crippen LogP contribution in [0.25, 0.3) is 31.7 Å². The minimum absolute atomic E-state index is 1.13. The first-order valence-corrected chi connectivity index (χ1v) is 18.7. The van der Waals surface area contributed by atoms with Gasteiger partial charge in [0.15, 0.2) is 0 Å². The molecule has 1 heterocycles. The van der Waals surface area contributed by atoms with Crippen molar-refractivity contribution in [3.05, 3.63) is 192 Å². The second-order valence-corrected chi connectivity index (χ2v) is 15.0. The molecule has 0 aliphatic heterocycles. The van der Waals surface area contributed by atoms with Crippen LogP contribution in [0.2, 0.25) is 0 Å². The Balaban J connectivity index is 1.20. The van der Waals surface area contributed by atoms with Crippen molar-refractivity contribution < 1.29 is 0 Å². The Bertz CT molecular complexity index is 2360. The molecule has 0 bridgehead atoms. The molecular formula is C49H42N2S. The van der Waals surface area contributed by atoms with Gasteiger partial charge in [-0.15, -0.1) is 11.3 Å². The first-order valence-electron chi connectivity index (χ1n) is 17.9. The molecule has 3 heteroatoms. The van der Waals surface area contributed by atoms with E-state index in [0.717, 1.165) is 34.1 Å². The lowest BCUT2D eigenvalue weighted by molar-refractivity contribution is 1.27. The van der Waals surface area contributed by atoms with Crippen LogP contribution in [0.4, 0.5) is 34.1 Å². The zero-order valence-electron chi connectivity index (χ0n) is 30.4. The van der Waals surface area contributed by atoms with Crippen LogP contribution in [0.15, 0.2) is 164 Å². The first kappa shape index (κ1) is 33.3. The summed E-state index contributed by atoms with van der Waals surface area (Å²) in [6.45, 7) is 10.7. The Labute approximate surface area is 311 Å². The first-order chi connectivity index (χ1) is 25.3. The van der Waals surface area contributed by atoms with E-state index < -0.39 is 0 Å². The van der Waals surface area contributed by atoms with Gasteiger partial charge in [0.05, 0.1) is 0 Å². The molecule has 0 radical (unpaired) electrons. The number of anilines is 6. The van der Waals surface area contributed by atoms with Crippen molar-refractivity contribution in [1.82, 2.24) is 0 Å². The second-order valence-electron chi connectivity index (χ2n) is 13.9. The highest BCUT2D eigenvalue weighted by atomic mass is 32.1. The molecule has 254 valence electrons. The molecule has 0 aliphatic rings. The number of nitrogens with zero attached hydrogens (tertiary/aromatic N) is 2. The summed E-state index contributed by atoms with van der Waals surface area (Å²) in [5.74, 6) is 0. The van der Waals surface area contributed by atoms with E-state index in [1.807, 2.05) is 11.3 Å². The van der Waals surface area contributed by atoms with Crippen LogP contribution in [0.3, 0.4) is 0 Å². The van der Waals surface area contributed by atoms with E-state index in [-0.39, 0.29) is 0 Å². The molecule has 52 heavy (non-hydrogen) atoms. The molecule has 0 amide bonds. The lowest BCUT2D eigenvalue weighted by Gasteiger charge is -2.26. The smallest absolute Gasteiger partial charge is 0.0462 e. The van der Waals surface area contributed by atoms with Gasteiger partial charge in [0.2, 0.25) is 0 Å². The Morgan fingerprint density at radius 2 is 0.635 bits per heavy atom. The maximum absolute atomic E-state index is 2.34. The Hall–Kier alpha value is -5.90. The van der Waals surface area contributed by atoms with Gasteiger partial charge in [-0.3, -0.25) is 0 Å². The third-order valence-electron chi connectivity index (χ3n) is 9.82. The molecule has 0 saturated carbocycles. The monoisotopic (exact) mass is 690 g/mol. The molecule has 8 rings (SSSR count). The van der Waals surface area contributed by atoms with Crippen molar-refractivity contribution in [2.75, 3.05) is 9.80 Å². The SMILES string of the molecule is Cc1ccc(N(c2ccc(C)cc2)c2ccc(-c3sc4cc(C)ccc4c3-c3ccc(N(c4ccc(C)cc4)c4ccc(C)cc4)cc3)cc2)cc1. The maximum Gasteiger partial charge on any atom is 0.0462 e. The summed E-state index contributed by atoms with van der Waals surface area (Å²) < 4.78 is 1.31. The number of aryl methyl sites for hydroxylation is 5. The zero-order valence-corrected chi connectivity index (χ0v) is 31.2. The lowest BCUT2D eigenvalue weighted by atomic mass is 9.97. The van der Waals surface area contributed by atoms with Crippen LogP contribution < -0.4 is 9.80 Å². The van der Waals surface area contributed by atoms with Gasteiger partial charge in [0.25, 0.3) is 0 Å². The molecule has 0 atom stereocenters. The van der Waals surface area contributed by atoms with Crippen molar-refractivity contribution >= 4 is 55.5 Å². The highest BCUT2D eigenvalue weighted by Crippen LogP contribution is 2.47. The Morgan fingerprint density at radius 3 is 1.00 bits per heavy atom. The predicted molar refractivity (Wildman–Crippen MR) is 226 cm³/mol. The predicted octanol–water partition coefficient (Wildman–Crippen LogP) is 14.7. The molecule has 0 unspecified atom stereocenters. The summed E-state index contributed by atoms with van der Waals surface area (Å²) >= 11 is 1.88. The van der Waals surface area contributed by atoms with Gasteiger partial charge in [-0.1, -0.05) is 107 Å². The third kappa shape index (κ3) is 6.64. The minimum atomic E-state index is 1.13. The van der Waals surface area contributed by atoms with Gasteiger partial charge in [-0.05, 0) is 130 Å². The van der Waals surface area contributed by atoms with Crippen LogP contribution in [-0.4, -0.2) is 0 Å². The minimum Gasteiger partial charge on any atom is -0.311 e. The lowest BCUT2D eigenvalue weighted by Crippen LogP contribution is -2.09. The third-order valence-corrected chi connectivity index (χ3v) is 11.0. The summed E-state index contributed by atoms with van der Waals surface area (Å²) in [6.07, 6.45) is 0. The molecule has 0 saturated heterocycles. The van der Waals surface area contributed by atoms with Gasteiger partial charge in [0.1, 0.15) is 0 Å². The van der Waals surface area contributed by atoms with Crippen molar-refractivity contribution in [3.63, 3.8) is 0 Å². The topological polar surface area (TPSA) is 6.48 Å². The van der Waals surface area contributed by atoms with E-state index in [4.69, 9.17) is 0 Å². The van der Waals surface area contributed by atoms with Gasteiger partial charge in [-0.2, -0.15) is 0 Å². The highest BCUT2D eigenvalue weighted by molar-refractivity contribution is 7.23. The molecule has 0 aliphatic carbocycles. The van der Waals surface area contributed by atoms with Crippen molar-refractivity contribution in [1.29, 1.82) is 0 Å². The average molecular weight is 691 g/mol.